The molecule has 0 unspecified atom stereocenters. The first-order valence-electron chi connectivity index (χ1n) is 6.66. The van der Waals surface area contributed by atoms with Crippen LogP contribution in [0.3, 0.4) is 0 Å². The van der Waals surface area contributed by atoms with E-state index in [1.807, 2.05) is 31.2 Å². The molecule has 6 heteroatoms. The maximum Gasteiger partial charge on any atom is 0.159 e. The van der Waals surface area contributed by atoms with Crippen LogP contribution in [-0.2, 0) is 0 Å². The number of amidine groups is 1. The summed E-state index contributed by atoms with van der Waals surface area (Å²) in [6.07, 6.45) is 0. The van der Waals surface area contributed by atoms with E-state index in [-0.39, 0.29) is 0 Å². The summed E-state index contributed by atoms with van der Waals surface area (Å²) in [6, 6.07) is 13.0. The van der Waals surface area contributed by atoms with Crippen molar-refractivity contribution in [1.82, 2.24) is 0 Å². The number of benzene rings is 2. The van der Waals surface area contributed by atoms with Crippen molar-refractivity contribution in [3.8, 4) is 5.75 Å². The summed E-state index contributed by atoms with van der Waals surface area (Å²) >= 11 is 13.3. The van der Waals surface area contributed by atoms with Crippen molar-refractivity contribution in [3.63, 3.8) is 0 Å². The third kappa shape index (κ3) is 5.44. The lowest BCUT2D eigenvalue weighted by atomic mass is 10.2. The molecule has 0 radical (unpaired) electrons. The molecule has 22 heavy (non-hydrogen) atoms. The van der Waals surface area contributed by atoms with Gasteiger partial charge in [0.05, 0.1) is 17.3 Å². The van der Waals surface area contributed by atoms with Crippen LogP contribution in [0, 0.1) is 6.92 Å². The summed E-state index contributed by atoms with van der Waals surface area (Å²) in [4.78, 5) is 4.35. The Kier molecular flexibility index (Phi) is 6.43. The summed E-state index contributed by atoms with van der Waals surface area (Å²) in [5.74, 6) is 1.29. The Morgan fingerprint density at radius 2 is 2.05 bits per heavy atom. The number of aryl methyl sites for hydroxylation is 1. The predicted octanol–water partition coefficient (Wildman–Crippen LogP) is 5.06. The van der Waals surface area contributed by atoms with E-state index in [1.54, 1.807) is 18.2 Å². The number of hydrogen-bond donors (Lipinski definition) is 1. The summed E-state index contributed by atoms with van der Waals surface area (Å²) in [5, 5.41) is 1.59. The van der Waals surface area contributed by atoms with Gasteiger partial charge in [-0.15, -0.1) is 0 Å². The molecule has 0 spiro atoms. The zero-order chi connectivity index (χ0) is 15.9. The smallest absolute Gasteiger partial charge is 0.159 e. The third-order valence-corrected chi connectivity index (χ3v) is 4.01. The number of ether oxygens (including phenoxy) is 1. The number of hydrogen-bond acceptors (Lipinski definition) is 3. The molecule has 0 saturated heterocycles. The van der Waals surface area contributed by atoms with Crippen LogP contribution < -0.4 is 10.5 Å². The van der Waals surface area contributed by atoms with Crippen molar-refractivity contribution in [3.05, 3.63) is 58.1 Å². The third-order valence-electron chi connectivity index (χ3n) is 2.73. The van der Waals surface area contributed by atoms with Crippen LogP contribution >= 0.6 is 35.0 Å². The minimum Gasteiger partial charge on any atom is -0.491 e. The monoisotopic (exact) mass is 354 g/mol. The molecule has 2 N–H and O–H groups in total. The predicted molar refractivity (Wildman–Crippen MR) is 96.9 cm³/mol. The highest BCUT2D eigenvalue weighted by Gasteiger charge is 2.03. The molecule has 0 heterocycles. The first kappa shape index (κ1) is 17.0. The van der Waals surface area contributed by atoms with E-state index in [2.05, 4.69) is 4.99 Å². The van der Waals surface area contributed by atoms with Gasteiger partial charge in [0.1, 0.15) is 5.75 Å². The van der Waals surface area contributed by atoms with E-state index in [9.17, 15) is 0 Å². The summed E-state index contributed by atoms with van der Waals surface area (Å²) < 4.78 is 5.59. The van der Waals surface area contributed by atoms with Crippen LogP contribution in [0.1, 0.15) is 5.56 Å². The number of thioether (sulfide) groups is 1. The van der Waals surface area contributed by atoms with Crippen molar-refractivity contribution < 1.29 is 4.74 Å². The molecular weight excluding hydrogens is 339 g/mol. The second-order valence-corrected chi connectivity index (χ2v) is 6.52. The van der Waals surface area contributed by atoms with E-state index in [0.29, 0.717) is 33.3 Å². The van der Waals surface area contributed by atoms with Crippen molar-refractivity contribution in [2.24, 2.45) is 10.7 Å². The van der Waals surface area contributed by atoms with Gasteiger partial charge in [-0.1, -0.05) is 47.1 Å². The highest BCUT2D eigenvalue weighted by molar-refractivity contribution is 8.13. The zero-order valence-electron chi connectivity index (χ0n) is 12.1. The Hall–Kier alpha value is -1.36. The van der Waals surface area contributed by atoms with E-state index < -0.39 is 0 Å². The Morgan fingerprint density at radius 3 is 2.77 bits per heavy atom. The quantitative estimate of drug-likeness (QED) is 0.463. The van der Waals surface area contributed by atoms with Gasteiger partial charge in [0.25, 0.3) is 0 Å². The highest BCUT2D eigenvalue weighted by Crippen LogP contribution is 2.27. The maximum absolute atomic E-state index is 6.03. The Bertz CT molecular complexity index is 677. The molecule has 116 valence electrons. The standard InChI is InChI=1S/C16H16Cl2N2OS/c1-11-3-2-4-13(9-11)20-16(19)22-8-7-21-15-6-5-12(17)10-14(15)18/h2-6,9-10H,7-8H2,1H3,(H2,19,20). The molecule has 0 saturated carbocycles. The molecule has 0 aliphatic carbocycles. The lowest BCUT2D eigenvalue weighted by Crippen LogP contribution is -2.10. The first-order valence-corrected chi connectivity index (χ1v) is 8.40. The fraction of sp³-hybridized carbons (Fsp3) is 0.188. The normalized spacial score (nSPS) is 11.5. The highest BCUT2D eigenvalue weighted by atomic mass is 35.5. The van der Waals surface area contributed by atoms with Gasteiger partial charge in [0.15, 0.2) is 5.17 Å². The minimum absolute atomic E-state index is 0.482. The minimum atomic E-state index is 0.482. The molecule has 2 aromatic rings. The van der Waals surface area contributed by atoms with Gasteiger partial charge in [-0.25, -0.2) is 4.99 Å². The van der Waals surface area contributed by atoms with E-state index in [0.717, 1.165) is 11.3 Å². The molecule has 0 amide bonds. The van der Waals surface area contributed by atoms with Crippen molar-refractivity contribution in [2.75, 3.05) is 12.4 Å². The zero-order valence-corrected chi connectivity index (χ0v) is 14.4. The molecule has 0 aliphatic heterocycles. The molecule has 0 fully saturated rings. The first-order chi connectivity index (χ1) is 10.5. The van der Waals surface area contributed by atoms with Crippen molar-refractivity contribution >= 4 is 45.8 Å². The van der Waals surface area contributed by atoms with Crippen LogP contribution in [0.2, 0.25) is 10.0 Å². The van der Waals surface area contributed by atoms with E-state index >= 15 is 0 Å². The molecule has 2 rings (SSSR count). The van der Waals surface area contributed by atoms with Crippen LogP contribution in [0.25, 0.3) is 0 Å². The molecule has 0 atom stereocenters. The Labute approximate surface area is 144 Å². The molecule has 0 aromatic heterocycles. The van der Waals surface area contributed by atoms with Gasteiger partial charge in [-0.05, 0) is 42.8 Å². The average Bonchev–Trinajstić information content (AvgIpc) is 2.45. The number of halogens is 2. The number of nitrogens with two attached hydrogens (primary N) is 1. The number of rotatable bonds is 5. The van der Waals surface area contributed by atoms with E-state index in [1.165, 1.54) is 11.8 Å². The average molecular weight is 355 g/mol. The van der Waals surface area contributed by atoms with Crippen LogP contribution in [0.4, 0.5) is 5.69 Å². The number of nitrogens with zero attached hydrogens (tertiary/aromatic N) is 1. The van der Waals surface area contributed by atoms with Gasteiger partial charge >= 0.3 is 0 Å². The van der Waals surface area contributed by atoms with Gasteiger partial charge < -0.3 is 10.5 Å². The molecule has 0 aliphatic rings. The second kappa shape index (κ2) is 8.32. The van der Waals surface area contributed by atoms with Crippen molar-refractivity contribution in [1.29, 1.82) is 0 Å². The summed E-state index contributed by atoms with van der Waals surface area (Å²) in [5.41, 5.74) is 7.90. The molecule has 2 aromatic carbocycles. The maximum atomic E-state index is 6.03. The fourth-order valence-corrected chi connectivity index (χ4v) is 2.76. The van der Waals surface area contributed by atoms with Gasteiger partial charge in [-0.3, -0.25) is 0 Å². The lowest BCUT2D eigenvalue weighted by Gasteiger charge is -2.08. The summed E-state index contributed by atoms with van der Waals surface area (Å²) in [6.45, 7) is 2.50. The van der Waals surface area contributed by atoms with Crippen LogP contribution in [-0.4, -0.2) is 17.5 Å². The molecule has 0 bridgehead atoms. The van der Waals surface area contributed by atoms with Gasteiger partial charge in [-0.2, -0.15) is 0 Å². The topological polar surface area (TPSA) is 47.6 Å². The Morgan fingerprint density at radius 1 is 1.23 bits per heavy atom. The van der Waals surface area contributed by atoms with Crippen LogP contribution in [0.15, 0.2) is 47.5 Å². The van der Waals surface area contributed by atoms with Gasteiger partial charge in [0, 0.05) is 10.8 Å². The van der Waals surface area contributed by atoms with Crippen LogP contribution in [0.5, 0.6) is 5.75 Å². The van der Waals surface area contributed by atoms with Crippen molar-refractivity contribution in [2.45, 2.75) is 6.92 Å². The number of aliphatic imine (C=N–C) groups is 1. The lowest BCUT2D eigenvalue weighted by molar-refractivity contribution is 0.344. The second-order valence-electron chi connectivity index (χ2n) is 4.56. The van der Waals surface area contributed by atoms with E-state index in [4.69, 9.17) is 33.7 Å². The van der Waals surface area contributed by atoms with Gasteiger partial charge in [0.2, 0.25) is 0 Å². The SMILES string of the molecule is Cc1cccc(N=C(N)SCCOc2ccc(Cl)cc2Cl)c1. The largest absolute Gasteiger partial charge is 0.491 e. The summed E-state index contributed by atoms with van der Waals surface area (Å²) in [7, 11) is 0. The Balaban J connectivity index is 1.81. The fourth-order valence-electron chi connectivity index (χ4n) is 1.75. The molecule has 3 nitrogen and oxygen atoms in total. The molecular formula is C16H16Cl2N2OS.